The fourth-order valence-corrected chi connectivity index (χ4v) is 3.48. The monoisotopic (exact) mass is 409 g/mol. The number of methoxy groups -OCH3 is 1. The van der Waals surface area contributed by atoms with E-state index in [9.17, 15) is 14.7 Å². The van der Waals surface area contributed by atoms with Crippen LogP contribution in [0.5, 0.6) is 5.75 Å². The summed E-state index contributed by atoms with van der Waals surface area (Å²) < 4.78 is 10.7. The van der Waals surface area contributed by atoms with Crippen molar-refractivity contribution in [2.24, 2.45) is 0 Å². The molecule has 30 heavy (non-hydrogen) atoms. The SMILES string of the molecule is CCCOc1ccc(/C(O)=C2\C(=O)C(=O)N(CCOC)C2c2ccc(C)cc2)cc1. The number of benzene rings is 2. The van der Waals surface area contributed by atoms with Crippen LogP contribution in [0.4, 0.5) is 0 Å². The van der Waals surface area contributed by atoms with Gasteiger partial charge in [-0.05, 0) is 43.2 Å². The molecule has 1 atom stereocenters. The summed E-state index contributed by atoms with van der Waals surface area (Å²) in [4.78, 5) is 27.1. The lowest BCUT2D eigenvalue weighted by Crippen LogP contribution is -2.32. The number of amides is 1. The molecule has 0 aromatic heterocycles. The largest absolute Gasteiger partial charge is 0.507 e. The molecule has 2 aromatic carbocycles. The van der Waals surface area contributed by atoms with E-state index in [1.807, 2.05) is 38.1 Å². The fourth-order valence-electron chi connectivity index (χ4n) is 3.48. The first-order valence-electron chi connectivity index (χ1n) is 10.0. The number of hydrogen-bond donors (Lipinski definition) is 1. The van der Waals surface area contributed by atoms with Gasteiger partial charge in [-0.15, -0.1) is 0 Å². The Bertz CT molecular complexity index is 931. The Hall–Kier alpha value is -3.12. The smallest absolute Gasteiger partial charge is 0.295 e. The predicted molar refractivity (Wildman–Crippen MR) is 114 cm³/mol. The molecule has 0 bridgehead atoms. The van der Waals surface area contributed by atoms with Gasteiger partial charge in [-0.3, -0.25) is 9.59 Å². The van der Waals surface area contributed by atoms with Gasteiger partial charge in [-0.2, -0.15) is 0 Å². The number of ketones is 1. The summed E-state index contributed by atoms with van der Waals surface area (Å²) in [6.07, 6.45) is 0.892. The molecule has 0 aliphatic carbocycles. The number of rotatable bonds is 8. The van der Waals surface area contributed by atoms with Crippen LogP contribution in [0.1, 0.15) is 36.1 Å². The quantitative estimate of drug-likeness (QED) is 0.407. The maximum absolute atomic E-state index is 12.9. The molecule has 1 aliphatic rings. The highest BCUT2D eigenvalue weighted by Crippen LogP contribution is 2.39. The van der Waals surface area contributed by atoms with E-state index in [4.69, 9.17) is 9.47 Å². The molecule has 2 aromatic rings. The van der Waals surface area contributed by atoms with Gasteiger partial charge >= 0.3 is 0 Å². The van der Waals surface area contributed by atoms with Crippen molar-refractivity contribution in [2.45, 2.75) is 26.3 Å². The van der Waals surface area contributed by atoms with Gasteiger partial charge < -0.3 is 19.5 Å². The summed E-state index contributed by atoms with van der Waals surface area (Å²) in [5.41, 5.74) is 2.37. The van der Waals surface area contributed by atoms with E-state index in [1.54, 1.807) is 31.4 Å². The molecule has 6 heteroatoms. The van der Waals surface area contributed by atoms with Gasteiger partial charge in [0.2, 0.25) is 0 Å². The van der Waals surface area contributed by atoms with Crippen LogP contribution in [-0.2, 0) is 14.3 Å². The molecule has 1 aliphatic heterocycles. The predicted octanol–water partition coefficient (Wildman–Crippen LogP) is 3.85. The van der Waals surface area contributed by atoms with Crippen LogP contribution in [0.2, 0.25) is 0 Å². The van der Waals surface area contributed by atoms with Gasteiger partial charge in [0.1, 0.15) is 11.5 Å². The van der Waals surface area contributed by atoms with Crippen LogP contribution in [0, 0.1) is 6.92 Å². The topological polar surface area (TPSA) is 76.1 Å². The first-order valence-corrected chi connectivity index (χ1v) is 10.0. The second-order valence-electron chi connectivity index (χ2n) is 7.27. The summed E-state index contributed by atoms with van der Waals surface area (Å²) >= 11 is 0. The van der Waals surface area contributed by atoms with Crippen molar-refractivity contribution >= 4 is 17.4 Å². The lowest BCUT2D eigenvalue weighted by molar-refractivity contribution is -0.140. The number of hydrogen-bond acceptors (Lipinski definition) is 5. The third kappa shape index (κ3) is 4.39. The Labute approximate surface area is 176 Å². The molecule has 0 radical (unpaired) electrons. The maximum Gasteiger partial charge on any atom is 0.295 e. The Morgan fingerprint density at radius 2 is 1.70 bits per heavy atom. The van der Waals surface area contributed by atoms with Crippen LogP contribution < -0.4 is 4.74 Å². The van der Waals surface area contributed by atoms with Crippen LogP contribution in [0.15, 0.2) is 54.1 Å². The van der Waals surface area contributed by atoms with Crippen LogP contribution >= 0.6 is 0 Å². The van der Waals surface area contributed by atoms with Gasteiger partial charge in [-0.1, -0.05) is 36.8 Å². The molecule has 0 saturated carbocycles. The zero-order valence-corrected chi connectivity index (χ0v) is 17.6. The number of aryl methyl sites for hydroxylation is 1. The van der Waals surface area contributed by atoms with Crippen molar-refractivity contribution in [3.05, 3.63) is 70.8 Å². The standard InChI is InChI=1S/C24H27NO5/c1-4-14-30-19-11-9-18(10-12-19)22(26)20-21(17-7-5-16(2)6-8-17)25(13-15-29-3)24(28)23(20)27/h5-12,21,26H,4,13-15H2,1-3H3/b22-20+. The summed E-state index contributed by atoms with van der Waals surface area (Å²) in [7, 11) is 1.54. The molecular formula is C24H27NO5. The highest BCUT2D eigenvalue weighted by Gasteiger charge is 2.45. The van der Waals surface area contributed by atoms with Crippen molar-refractivity contribution in [3.63, 3.8) is 0 Å². The van der Waals surface area contributed by atoms with E-state index in [1.165, 1.54) is 4.90 Å². The molecule has 1 fully saturated rings. The van der Waals surface area contributed by atoms with Gasteiger partial charge in [0.05, 0.1) is 24.8 Å². The third-order valence-electron chi connectivity index (χ3n) is 5.07. The number of aliphatic hydroxyl groups excluding tert-OH is 1. The summed E-state index contributed by atoms with van der Waals surface area (Å²) in [5.74, 6) is -0.840. The average Bonchev–Trinajstić information content (AvgIpc) is 3.01. The molecule has 3 rings (SSSR count). The van der Waals surface area contributed by atoms with Crippen molar-refractivity contribution in [2.75, 3.05) is 26.9 Å². The van der Waals surface area contributed by atoms with Crippen LogP contribution in [0.3, 0.4) is 0 Å². The third-order valence-corrected chi connectivity index (χ3v) is 5.07. The van der Waals surface area contributed by atoms with E-state index in [0.29, 0.717) is 24.5 Å². The second-order valence-corrected chi connectivity index (χ2v) is 7.27. The van der Waals surface area contributed by atoms with E-state index < -0.39 is 17.7 Å². The molecule has 1 heterocycles. The van der Waals surface area contributed by atoms with Crippen molar-refractivity contribution in [1.29, 1.82) is 0 Å². The van der Waals surface area contributed by atoms with E-state index >= 15 is 0 Å². The number of carbonyl (C=O) groups excluding carboxylic acids is 2. The highest BCUT2D eigenvalue weighted by atomic mass is 16.5. The van der Waals surface area contributed by atoms with Crippen molar-refractivity contribution in [3.8, 4) is 5.75 Å². The summed E-state index contributed by atoms with van der Waals surface area (Å²) in [6.45, 7) is 5.13. The lowest BCUT2D eigenvalue weighted by atomic mass is 9.94. The minimum atomic E-state index is -0.694. The molecule has 0 spiro atoms. The number of aliphatic hydroxyl groups is 1. The van der Waals surface area contributed by atoms with Crippen molar-refractivity contribution in [1.82, 2.24) is 4.90 Å². The molecule has 158 valence electrons. The number of carbonyl (C=O) groups is 2. The summed E-state index contributed by atoms with van der Waals surface area (Å²) in [5, 5.41) is 11.0. The first kappa shape index (κ1) is 21.6. The number of nitrogens with zero attached hydrogens (tertiary/aromatic N) is 1. The molecule has 1 unspecified atom stereocenters. The second kappa shape index (κ2) is 9.59. The molecule has 1 amide bonds. The number of ether oxygens (including phenoxy) is 2. The Morgan fingerprint density at radius 1 is 1.03 bits per heavy atom. The normalized spacial score (nSPS) is 18.1. The molecule has 6 nitrogen and oxygen atoms in total. The molecule has 1 saturated heterocycles. The fraction of sp³-hybridized carbons (Fsp3) is 0.333. The minimum Gasteiger partial charge on any atom is -0.507 e. The average molecular weight is 409 g/mol. The Balaban J connectivity index is 2.04. The zero-order chi connectivity index (χ0) is 21.7. The maximum atomic E-state index is 12.9. The number of Topliss-reactive ketones (excluding diaryl/α,β-unsaturated/α-hetero) is 1. The highest BCUT2D eigenvalue weighted by molar-refractivity contribution is 6.46. The first-order chi connectivity index (χ1) is 14.5. The van der Waals surface area contributed by atoms with Gasteiger partial charge in [0.15, 0.2) is 0 Å². The summed E-state index contributed by atoms with van der Waals surface area (Å²) in [6, 6.07) is 13.8. The Morgan fingerprint density at radius 3 is 2.30 bits per heavy atom. The number of likely N-dealkylation sites (tertiary alicyclic amines) is 1. The molecular weight excluding hydrogens is 382 g/mol. The zero-order valence-electron chi connectivity index (χ0n) is 17.6. The van der Waals surface area contributed by atoms with E-state index in [2.05, 4.69) is 0 Å². The van der Waals surface area contributed by atoms with Gasteiger partial charge in [0, 0.05) is 19.2 Å². The Kier molecular flexibility index (Phi) is 6.90. The van der Waals surface area contributed by atoms with Gasteiger partial charge in [0.25, 0.3) is 11.7 Å². The van der Waals surface area contributed by atoms with Crippen molar-refractivity contribution < 1.29 is 24.2 Å². The van der Waals surface area contributed by atoms with Gasteiger partial charge in [-0.25, -0.2) is 0 Å². The van der Waals surface area contributed by atoms with E-state index in [-0.39, 0.29) is 17.9 Å². The van der Waals surface area contributed by atoms with Crippen LogP contribution in [0.25, 0.3) is 5.76 Å². The minimum absolute atomic E-state index is 0.0854. The van der Waals surface area contributed by atoms with E-state index in [0.717, 1.165) is 17.5 Å². The van der Waals surface area contributed by atoms with Crippen LogP contribution in [-0.4, -0.2) is 48.6 Å². The lowest BCUT2D eigenvalue weighted by Gasteiger charge is -2.25. The molecule has 1 N–H and O–H groups in total.